The van der Waals surface area contributed by atoms with Crippen LogP contribution in [0.1, 0.15) is 26.3 Å². The maximum atomic E-state index is 8.60. The third-order valence-electron chi connectivity index (χ3n) is 1.60. The summed E-state index contributed by atoms with van der Waals surface area (Å²) < 4.78 is 0. The van der Waals surface area contributed by atoms with E-state index in [0.717, 1.165) is 5.69 Å². The minimum Gasteiger partial charge on any atom is -0.261 e. The summed E-state index contributed by atoms with van der Waals surface area (Å²) >= 11 is 0. The Morgan fingerprint density at radius 2 is 1.79 bits per heavy atom. The van der Waals surface area contributed by atoms with Gasteiger partial charge < -0.3 is 0 Å². The van der Waals surface area contributed by atoms with Gasteiger partial charge in [-0.05, 0) is 29.7 Å². The van der Waals surface area contributed by atoms with Crippen molar-refractivity contribution >= 4 is 11.9 Å². The number of hydrogen-bond acceptors (Lipinski definition) is 2. The summed E-state index contributed by atoms with van der Waals surface area (Å²) in [5.41, 5.74) is 1.65. The molecule has 0 amide bonds. The van der Waals surface area contributed by atoms with Crippen molar-refractivity contribution < 1.29 is 0 Å². The largest absolute Gasteiger partial charge is 0.261 e. The molecule has 14 heavy (non-hydrogen) atoms. The minimum atomic E-state index is 0.0912. The monoisotopic (exact) mass is 186 g/mol. The minimum absolute atomic E-state index is 0.0912. The van der Waals surface area contributed by atoms with Gasteiger partial charge in [0.15, 0.2) is 0 Å². The van der Waals surface area contributed by atoms with E-state index in [2.05, 4.69) is 31.8 Å². The fourth-order valence-electron chi connectivity index (χ4n) is 0.890. The van der Waals surface area contributed by atoms with Crippen LogP contribution in [0.2, 0.25) is 0 Å². The number of hydrogen-bond donors (Lipinski definition) is 0. The van der Waals surface area contributed by atoms with Crippen LogP contribution in [-0.4, -0.2) is 6.21 Å². The SMILES string of the molecule is CC(C)(C)C=Nc1ccc(C#N)cc1. The topological polar surface area (TPSA) is 36.1 Å². The third-order valence-corrected chi connectivity index (χ3v) is 1.60. The van der Waals surface area contributed by atoms with Crippen LogP contribution in [0.4, 0.5) is 5.69 Å². The highest BCUT2D eigenvalue weighted by Crippen LogP contribution is 2.15. The summed E-state index contributed by atoms with van der Waals surface area (Å²) in [6, 6.07) is 9.32. The Balaban J connectivity index is 2.80. The van der Waals surface area contributed by atoms with Gasteiger partial charge in [-0.25, -0.2) is 0 Å². The van der Waals surface area contributed by atoms with Crippen LogP contribution < -0.4 is 0 Å². The number of benzene rings is 1. The van der Waals surface area contributed by atoms with Crippen LogP contribution >= 0.6 is 0 Å². The molecule has 2 nitrogen and oxygen atoms in total. The quantitative estimate of drug-likeness (QED) is 0.620. The van der Waals surface area contributed by atoms with Crippen LogP contribution in [0, 0.1) is 16.7 Å². The van der Waals surface area contributed by atoms with Gasteiger partial charge in [-0.15, -0.1) is 0 Å². The number of nitriles is 1. The predicted molar refractivity (Wildman–Crippen MR) is 58.8 cm³/mol. The van der Waals surface area contributed by atoms with Crippen molar-refractivity contribution in [1.82, 2.24) is 0 Å². The molecule has 0 aromatic heterocycles. The molecule has 0 bridgehead atoms. The second kappa shape index (κ2) is 4.06. The fourth-order valence-corrected chi connectivity index (χ4v) is 0.890. The second-order valence-electron chi connectivity index (χ2n) is 4.28. The van der Waals surface area contributed by atoms with Gasteiger partial charge in [0.05, 0.1) is 17.3 Å². The van der Waals surface area contributed by atoms with E-state index < -0.39 is 0 Å². The van der Waals surface area contributed by atoms with Crippen LogP contribution in [0.3, 0.4) is 0 Å². The molecule has 0 aliphatic heterocycles. The van der Waals surface area contributed by atoms with Gasteiger partial charge in [-0.3, -0.25) is 4.99 Å². The van der Waals surface area contributed by atoms with Crippen molar-refractivity contribution in [1.29, 1.82) is 5.26 Å². The molecule has 0 aliphatic rings. The molecule has 1 aromatic rings. The summed E-state index contributed by atoms with van der Waals surface area (Å²) in [7, 11) is 0. The molecule has 1 rings (SSSR count). The first-order valence-corrected chi connectivity index (χ1v) is 4.57. The Hall–Kier alpha value is -1.62. The van der Waals surface area contributed by atoms with E-state index in [0.29, 0.717) is 5.56 Å². The molecule has 2 heteroatoms. The molecule has 0 radical (unpaired) electrons. The zero-order valence-electron chi connectivity index (χ0n) is 8.78. The van der Waals surface area contributed by atoms with Crippen LogP contribution in [0.25, 0.3) is 0 Å². The van der Waals surface area contributed by atoms with Gasteiger partial charge >= 0.3 is 0 Å². The van der Waals surface area contributed by atoms with Crippen LogP contribution in [0.5, 0.6) is 0 Å². The smallest absolute Gasteiger partial charge is 0.0991 e. The molecule has 0 unspecified atom stereocenters. The summed E-state index contributed by atoms with van der Waals surface area (Å²) in [5.74, 6) is 0. The molecule has 0 saturated carbocycles. The van der Waals surface area contributed by atoms with Gasteiger partial charge in [-0.2, -0.15) is 5.26 Å². The van der Waals surface area contributed by atoms with Gasteiger partial charge in [-0.1, -0.05) is 20.8 Å². The molecule has 0 spiro atoms. The summed E-state index contributed by atoms with van der Waals surface area (Å²) in [4.78, 5) is 4.32. The highest BCUT2D eigenvalue weighted by atomic mass is 14.7. The maximum Gasteiger partial charge on any atom is 0.0991 e. The average molecular weight is 186 g/mol. The Kier molecular flexibility index (Phi) is 3.03. The highest BCUT2D eigenvalue weighted by molar-refractivity contribution is 5.68. The van der Waals surface area contributed by atoms with E-state index in [1.165, 1.54) is 0 Å². The molecule has 72 valence electrons. The Morgan fingerprint density at radius 3 is 2.21 bits per heavy atom. The predicted octanol–water partition coefficient (Wildman–Crippen LogP) is 3.31. The van der Waals surface area contributed by atoms with Gasteiger partial charge in [0.1, 0.15) is 0 Å². The fraction of sp³-hybridized carbons (Fsp3) is 0.333. The second-order valence-corrected chi connectivity index (χ2v) is 4.28. The van der Waals surface area contributed by atoms with Crippen molar-refractivity contribution in [2.75, 3.05) is 0 Å². The van der Waals surface area contributed by atoms with Crippen molar-refractivity contribution in [3.05, 3.63) is 29.8 Å². The highest BCUT2D eigenvalue weighted by Gasteiger charge is 2.04. The summed E-state index contributed by atoms with van der Waals surface area (Å²) in [6.45, 7) is 6.29. The number of nitrogens with zero attached hydrogens (tertiary/aromatic N) is 2. The molecule has 0 atom stereocenters. The lowest BCUT2D eigenvalue weighted by atomic mass is 9.99. The van der Waals surface area contributed by atoms with Crippen LogP contribution in [-0.2, 0) is 0 Å². The molecule has 1 aromatic carbocycles. The van der Waals surface area contributed by atoms with E-state index in [-0.39, 0.29) is 5.41 Å². The van der Waals surface area contributed by atoms with Gasteiger partial charge in [0.25, 0.3) is 0 Å². The van der Waals surface area contributed by atoms with Crippen LogP contribution in [0.15, 0.2) is 29.3 Å². The first-order chi connectivity index (χ1) is 6.51. The molecular weight excluding hydrogens is 172 g/mol. The standard InChI is InChI=1S/C12H14N2/c1-12(2,3)9-14-11-6-4-10(8-13)5-7-11/h4-7,9H,1-3H3. The zero-order valence-corrected chi connectivity index (χ0v) is 8.78. The van der Waals surface area contributed by atoms with Gasteiger partial charge in [0, 0.05) is 6.21 Å². The van der Waals surface area contributed by atoms with E-state index in [1.807, 2.05) is 18.3 Å². The van der Waals surface area contributed by atoms with E-state index in [4.69, 9.17) is 5.26 Å². The average Bonchev–Trinajstić information content (AvgIpc) is 2.14. The van der Waals surface area contributed by atoms with Crippen molar-refractivity contribution in [2.45, 2.75) is 20.8 Å². The molecule has 0 saturated heterocycles. The first kappa shape index (κ1) is 10.5. The Bertz CT molecular complexity index is 361. The third kappa shape index (κ3) is 3.40. The van der Waals surface area contributed by atoms with Gasteiger partial charge in [0.2, 0.25) is 0 Å². The lowest BCUT2D eigenvalue weighted by molar-refractivity contribution is 0.607. The summed E-state index contributed by atoms with van der Waals surface area (Å²) in [5, 5.41) is 8.60. The zero-order chi connectivity index (χ0) is 10.6. The van der Waals surface area contributed by atoms with Crippen molar-refractivity contribution in [3.63, 3.8) is 0 Å². The first-order valence-electron chi connectivity index (χ1n) is 4.57. The summed E-state index contributed by atoms with van der Waals surface area (Å²) in [6.07, 6.45) is 1.91. The number of aliphatic imine (C=N–C) groups is 1. The molecular formula is C12H14N2. The van der Waals surface area contributed by atoms with E-state index in [1.54, 1.807) is 12.1 Å². The Morgan fingerprint density at radius 1 is 1.21 bits per heavy atom. The number of rotatable bonds is 1. The van der Waals surface area contributed by atoms with E-state index in [9.17, 15) is 0 Å². The normalized spacial score (nSPS) is 11.6. The van der Waals surface area contributed by atoms with Crippen molar-refractivity contribution in [2.24, 2.45) is 10.4 Å². The lowest BCUT2D eigenvalue weighted by Crippen LogP contribution is -2.05. The molecule has 0 aliphatic carbocycles. The molecule has 0 fully saturated rings. The van der Waals surface area contributed by atoms with E-state index >= 15 is 0 Å². The maximum absolute atomic E-state index is 8.60. The molecule has 0 N–H and O–H groups in total. The lowest BCUT2D eigenvalue weighted by Gasteiger charge is -2.09. The van der Waals surface area contributed by atoms with Crippen molar-refractivity contribution in [3.8, 4) is 6.07 Å². The Labute approximate surface area is 84.9 Å². The molecule has 0 heterocycles.